The van der Waals surface area contributed by atoms with Crippen LogP contribution < -0.4 is 5.06 Å². The van der Waals surface area contributed by atoms with Crippen LogP contribution in [0.5, 0.6) is 11.5 Å². The number of aromatic nitrogens is 2. The molecule has 0 saturated heterocycles. The van der Waals surface area contributed by atoms with Crippen molar-refractivity contribution in [3.05, 3.63) is 49.6 Å². The lowest BCUT2D eigenvalue weighted by molar-refractivity contribution is -0.717. The molecule has 0 spiro atoms. The van der Waals surface area contributed by atoms with Gasteiger partial charge in [-0.25, -0.2) is 4.79 Å². The van der Waals surface area contributed by atoms with Gasteiger partial charge in [0, 0.05) is 13.0 Å². The van der Waals surface area contributed by atoms with Crippen LogP contribution in [0.15, 0.2) is 33.0 Å². The second kappa shape index (κ2) is 6.46. The summed E-state index contributed by atoms with van der Waals surface area (Å²) in [7, 11) is 0. The third kappa shape index (κ3) is 2.93. The highest BCUT2D eigenvalue weighted by Gasteiger charge is 2.34. The molecule has 11 nitrogen and oxygen atoms in total. The Labute approximate surface area is 155 Å². The highest BCUT2D eigenvalue weighted by molar-refractivity contribution is 6.35. The van der Waals surface area contributed by atoms with Crippen LogP contribution in [0.1, 0.15) is 19.7 Å². The number of nitrogens with one attached hydrogen (secondary N) is 1. The van der Waals surface area contributed by atoms with E-state index >= 15 is 0 Å². The number of quaternary nitrogens is 1. The summed E-state index contributed by atoms with van der Waals surface area (Å²) in [5, 5.41) is 45.1. The van der Waals surface area contributed by atoms with E-state index in [-0.39, 0.29) is 39.2 Å². The zero-order valence-electron chi connectivity index (χ0n) is 13.8. The fourth-order valence-corrected chi connectivity index (χ4v) is 2.70. The Morgan fingerprint density at radius 2 is 1.96 bits per heavy atom. The van der Waals surface area contributed by atoms with Crippen molar-refractivity contribution in [3.63, 3.8) is 0 Å². The van der Waals surface area contributed by atoms with E-state index in [2.05, 4.69) is 10.1 Å². The highest BCUT2D eigenvalue weighted by Crippen LogP contribution is 2.39. The van der Waals surface area contributed by atoms with Crippen LogP contribution in [0.4, 0.5) is 5.69 Å². The fourth-order valence-electron chi connectivity index (χ4n) is 2.52. The van der Waals surface area contributed by atoms with E-state index in [1.165, 1.54) is 13.8 Å². The summed E-state index contributed by atoms with van der Waals surface area (Å²) in [4.78, 5) is 26.3. The molecule has 1 aliphatic heterocycles. The molecule has 0 fully saturated rings. The summed E-state index contributed by atoms with van der Waals surface area (Å²) in [6.45, 7) is 2.93. The second-order valence-electron chi connectivity index (χ2n) is 5.64. The van der Waals surface area contributed by atoms with Gasteiger partial charge in [-0.3, -0.25) is 15.2 Å². The molecular formula is C15H11ClN4O7. The first kappa shape index (κ1) is 18.5. The van der Waals surface area contributed by atoms with Gasteiger partial charge in [-0.2, -0.15) is 4.98 Å². The lowest BCUT2D eigenvalue weighted by atomic mass is 10.0. The van der Waals surface area contributed by atoms with E-state index in [0.29, 0.717) is 0 Å². The summed E-state index contributed by atoms with van der Waals surface area (Å²) in [6, 6.07) is 1.89. The molecule has 1 amide bonds. The molecule has 1 aromatic carbocycles. The van der Waals surface area contributed by atoms with Gasteiger partial charge >= 0.3 is 11.6 Å². The molecule has 3 rings (SSSR count). The van der Waals surface area contributed by atoms with Crippen LogP contribution in [0.3, 0.4) is 0 Å². The van der Waals surface area contributed by atoms with Gasteiger partial charge in [-0.1, -0.05) is 16.8 Å². The number of phenolic OH excluding ortho intramolecular Hbond substituents is 2. The minimum Gasteiger partial charge on any atom is -0.621 e. The van der Waals surface area contributed by atoms with Gasteiger partial charge in [0.25, 0.3) is 5.89 Å². The van der Waals surface area contributed by atoms with Crippen molar-refractivity contribution in [1.29, 1.82) is 0 Å². The van der Waals surface area contributed by atoms with Crippen molar-refractivity contribution in [3.8, 4) is 23.0 Å². The van der Waals surface area contributed by atoms with Crippen LogP contribution >= 0.6 is 11.6 Å². The lowest BCUT2D eigenvalue weighted by Crippen LogP contribution is -3.08. The quantitative estimate of drug-likeness (QED) is 0.300. The highest BCUT2D eigenvalue weighted by atomic mass is 35.5. The Hall–Kier alpha value is -3.28. The molecule has 1 unspecified atom stereocenters. The van der Waals surface area contributed by atoms with Crippen molar-refractivity contribution in [2.75, 3.05) is 0 Å². The molecule has 0 bridgehead atoms. The SMILES string of the molecule is CC1=C(c2noc(-c3cc(O)c(O)c([N+](=O)[O-])c3)n2)C(=O)[NH+]([O-])C(C)=C1Cl. The number of rotatable bonds is 3. The number of benzene rings is 1. The van der Waals surface area contributed by atoms with Crippen LogP contribution in [0, 0.1) is 15.3 Å². The first-order chi connectivity index (χ1) is 12.6. The van der Waals surface area contributed by atoms with Crippen molar-refractivity contribution in [2.24, 2.45) is 0 Å². The average molecular weight is 395 g/mol. The molecule has 1 atom stereocenters. The summed E-state index contributed by atoms with van der Waals surface area (Å²) >= 11 is 6.07. The summed E-state index contributed by atoms with van der Waals surface area (Å²) < 4.78 is 4.99. The maximum atomic E-state index is 12.3. The van der Waals surface area contributed by atoms with Crippen molar-refractivity contribution in [1.82, 2.24) is 10.1 Å². The number of amides is 1. The Morgan fingerprint density at radius 3 is 2.59 bits per heavy atom. The number of allylic oxidation sites excluding steroid dienone is 3. The molecule has 3 N–H and O–H groups in total. The van der Waals surface area contributed by atoms with Crippen molar-refractivity contribution < 1.29 is 29.5 Å². The molecule has 27 heavy (non-hydrogen) atoms. The molecule has 2 heterocycles. The Kier molecular flexibility index (Phi) is 4.43. The van der Waals surface area contributed by atoms with Gasteiger partial charge in [0.1, 0.15) is 16.3 Å². The van der Waals surface area contributed by atoms with E-state index in [0.717, 1.165) is 12.1 Å². The smallest absolute Gasteiger partial charge is 0.353 e. The number of halogens is 1. The molecule has 1 aliphatic rings. The predicted molar refractivity (Wildman–Crippen MR) is 90.2 cm³/mol. The number of hydroxylamine groups is 2. The molecular weight excluding hydrogens is 384 g/mol. The maximum Gasteiger partial charge on any atom is 0.353 e. The third-order valence-corrected chi connectivity index (χ3v) is 4.54. The van der Waals surface area contributed by atoms with E-state index in [1.54, 1.807) is 0 Å². The van der Waals surface area contributed by atoms with Crippen LogP contribution in [-0.4, -0.2) is 31.2 Å². The number of hydrogen-bond acceptors (Lipinski definition) is 9. The molecule has 2 aromatic rings. The van der Waals surface area contributed by atoms with Gasteiger partial charge in [0.15, 0.2) is 5.75 Å². The molecule has 12 heteroatoms. The number of aromatic hydroxyl groups is 2. The van der Waals surface area contributed by atoms with Gasteiger partial charge < -0.3 is 19.9 Å². The summed E-state index contributed by atoms with van der Waals surface area (Å²) in [6.07, 6.45) is 0. The Morgan fingerprint density at radius 1 is 1.30 bits per heavy atom. The van der Waals surface area contributed by atoms with E-state index in [9.17, 15) is 30.3 Å². The van der Waals surface area contributed by atoms with Crippen LogP contribution in [0.25, 0.3) is 17.0 Å². The minimum atomic E-state index is -0.914. The lowest BCUT2D eigenvalue weighted by Gasteiger charge is -2.26. The number of nitrogens with zero attached hydrogens (tertiary/aromatic N) is 3. The first-order valence-electron chi connectivity index (χ1n) is 7.35. The molecule has 0 saturated carbocycles. The maximum absolute atomic E-state index is 12.3. The molecule has 1 aromatic heterocycles. The fraction of sp³-hybridized carbons (Fsp3) is 0.133. The number of carbonyl (C=O) groups is 1. The number of phenols is 2. The molecule has 0 aliphatic carbocycles. The van der Waals surface area contributed by atoms with Gasteiger partial charge in [0.05, 0.1) is 10.5 Å². The van der Waals surface area contributed by atoms with Crippen molar-refractivity contribution in [2.45, 2.75) is 13.8 Å². The van der Waals surface area contributed by atoms with Crippen molar-refractivity contribution >= 4 is 28.8 Å². The number of nitro groups is 1. The normalized spacial score (nSPS) is 17.6. The van der Waals surface area contributed by atoms with Gasteiger partial charge in [-0.15, -0.1) is 0 Å². The third-order valence-electron chi connectivity index (χ3n) is 3.97. The van der Waals surface area contributed by atoms with Gasteiger partial charge in [0.2, 0.25) is 11.6 Å². The van der Waals surface area contributed by atoms with E-state index < -0.39 is 33.1 Å². The molecule has 0 radical (unpaired) electrons. The van der Waals surface area contributed by atoms with Crippen LogP contribution in [-0.2, 0) is 4.79 Å². The number of hydrogen-bond donors (Lipinski definition) is 3. The standard InChI is InChI=1S/C15H11ClN4O7/c1-5-10(15(23)19(24)6(2)11(5)16)13-17-14(27-18-13)7-3-8(20(25)26)12(22)9(21)4-7/h3-4,19,21-22H,1-2H3. The largest absolute Gasteiger partial charge is 0.621 e. The monoisotopic (exact) mass is 394 g/mol. The number of nitro benzene ring substituents is 1. The predicted octanol–water partition coefficient (Wildman–Crippen LogP) is 1.22. The molecule has 140 valence electrons. The first-order valence-corrected chi connectivity index (χ1v) is 7.72. The summed E-state index contributed by atoms with van der Waals surface area (Å²) in [5.74, 6) is -3.04. The zero-order valence-corrected chi connectivity index (χ0v) is 14.6. The summed E-state index contributed by atoms with van der Waals surface area (Å²) in [5.41, 5.74) is -0.605. The second-order valence-corrected chi connectivity index (χ2v) is 6.02. The topological polar surface area (TPSA) is 167 Å². The Bertz CT molecular complexity index is 1060. The van der Waals surface area contributed by atoms with Crippen LogP contribution in [0.2, 0.25) is 0 Å². The van der Waals surface area contributed by atoms with E-state index in [1.807, 2.05) is 0 Å². The Balaban J connectivity index is 2.11. The van der Waals surface area contributed by atoms with E-state index in [4.69, 9.17) is 16.1 Å². The minimum absolute atomic E-state index is 0.0681. The average Bonchev–Trinajstić information content (AvgIpc) is 3.10. The zero-order chi connectivity index (χ0) is 20.0. The van der Waals surface area contributed by atoms with Gasteiger partial charge in [-0.05, 0) is 18.6 Å². The number of carbonyl (C=O) groups excluding carboxylic acids is 1.